The molecule has 1 fully saturated rings. The average molecular weight is 1300 g/mol. The molecule has 0 saturated carbocycles. The normalized spacial score (nSPS) is 11.9. The van der Waals surface area contributed by atoms with Gasteiger partial charge in [0.1, 0.15) is 40.5 Å². The number of phenolic OH excluding ortho intramolecular Hbond substituents is 1. The summed E-state index contributed by atoms with van der Waals surface area (Å²) in [4.78, 5) is 45.7. The number of ketones is 2. The van der Waals surface area contributed by atoms with E-state index in [4.69, 9.17) is 72.6 Å². The van der Waals surface area contributed by atoms with Gasteiger partial charge in [0, 0.05) is 57.1 Å². The first-order valence-corrected chi connectivity index (χ1v) is 29.2. The van der Waals surface area contributed by atoms with E-state index in [9.17, 15) is 24.6 Å². The van der Waals surface area contributed by atoms with Gasteiger partial charge in [-0.05, 0) is 160 Å². The van der Waals surface area contributed by atoms with E-state index in [0.29, 0.717) is 55.1 Å². The minimum absolute atomic E-state index is 0. The van der Waals surface area contributed by atoms with E-state index in [1.807, 2.05) is 131 Å². The number of hydrogen-bond acceptors (Lipinski definition) is 15. The quantitative estimate of drug-likeness (QED) is 0.0312. The number of rotatable bonds is 20. The summed E-state index contributed by atoms with van der Waals surface area (Å²) in [6.45, 7) is 10.7. The van der Waals surface area contributed by atoms with E-state index in [1.54, 1.807) is 94.5 Å². The van der Waals surface area contributed by atoms with E-state index in [2.05, 4.69) is 15.1 Å². The second-order valence-corrected chi connectivity index (χ2v) is 21.4. The Kier molecular flexibility index (Phi) is 38.5. The summed E-state index contributed by atoms with van der Waals surface area (Å²) in [7, 11) is 6.40. The van der Waals surface area contributed by atoms with Gasteiger partial charge >= 0.3 is 6.21 Å². The van der Waals surface area contributed by atoms with Crippen molar-refractivity contribution in [2.24, 2.45) is 0 Å². The van der Waals surface area contributed by atoms with Crippen LogP contribution in [0.4, 0.5) is 0 Å². The SMILES string of the molecule is C.C.C.CC(C)(C)OCl.CCOC(C)C(=O)Cc1cccc(OC)c1.COc1cccc(CC(=O)C=[N+]=[N-])c1.COc1cccc(CC(=O)Cl)c1.COc1cccc(Cc2nc3c(Cc4ccccc4)nc(-c4ccc(O)cc4)cn3c2O)c1.N#CCC1CCCO1. The number of phenols is 1. The van der Waals surface area contributed by atoms with Gasteiger partial charge in [-0.15, -0.1) is 0 Å². The van der Waals surface area contributed by atoms with Crippen molar-refractivity contribution in [3.05, 3.63) is 203 Å². The van der Waals surface area contributed by atoms with Crippen LogP contribution in [0.3, 0.4) is 0 Å². The Balaban J connectivity index is 0.000000607. The average Bonchev–Trinajstić information content (AvgIpc) is 1.60. The summed E-state index contributed by atoms with van der Waals surface area (Å²) in [5.41, 5.74) is 16.2. The lowest BCUT2D eigenvalue weighted by Gasteiger charge is -2.10. The van der Waals surface area contributed by atoms with Gasteiger partial charge < -0.3 is 44.2 Å². The zero-order valence-electron chi connectivity index (χ0n) is 51.7. The number of halogens is 2. The van der Waals surface area contributed by atoms with Crippen LogP contribution in [-0.2, 0) is 60.3 Å². The predicted molar refractivity (Wildman–Crippen MR) is 365 cm³/mol. The Morgan fingerprint density at radius 1 is 0.717 bits per heavy atom. The highest BCUT2D eigenvalue weighted by atomic mass is 35.5. The second kappa shape index (κ2) is 43.7. The monoisotopic (exact) mass is 1300 g/mol. The third-order valence-corrected chi connectivity index (χ3v) is 13.3. The lowest BCUT2D eigenvalue weighted by atomic mass is 10.1. The summed E-state index contributed by atoms with van der Waals surface area (Å²) in [5.74, 6) is 3.10. The number of carbonyl (C=O) groups excluding carboxylic acids is 3. The lowest BCUT2D eigenvalue weighted by molar-refractivity contribution is -0.128. The van der Waals surface area contributed by atoms with E-state index >= 15 is 0 Å². The largest absolute Gasteiger partial charge is 0.508 e. The van der Waals surface area contributed by atoms with Gasteiger partial charge in [0.25, 0.3) is 0 Å². The molecule has 0 radical (unpaired) electrons. The number of Topliss-reactive ketones (excluding diaryl/α,β-unsaturated/α-hetero) is 2. The number of methoxy groups -OCH3 is 4. The summed E-state index contributed by atoms with van der Waals surface area (Å²) in [6.07, 6.45) is 7.25. The fraction of sp³-hybridized carbons (Fsp3) is 0.347. The molecule has 0 amide bonds. The Labute approximate surface area is 553 Å². The van der Waals surface area contributed by atoms with Crippen molar-refractivity contribution in [3.8, 4) is 52.0 Å². The van der Waals surface area contributed by atoms with Crippen molar-refractivity contribution in [2.75, 3.05) is 41.7 Å². The fourth-order valence-electron chi connectivity index (χ4n) is 8.33. The van der Waals surface area contributed by atoms with Gasteiger partial charge in [0.05, 0.1) is 75.9 Å². The topological polar surface area (TPSA) is 247 Å². The summed E-state index contributed by atoms with van der Waals surface area (Å²) in [6, 6.07) is 48.7. The first-order valence-electron chi connectivity index (χ1n) is 28.5. The van der Waals surface area contributed by atoms with Crippen molar-refractivity contribution in [2.45, 2.75) is 126 Å². The summed E-state index contributed by atoms with van der Waals surface area (Å²) < 4.78 is 36.9. The molecule has 9 rings (SSSR count). The predicted octanol–water partition coefficient (Wildman–Crippen LogP) is 15.3. The van der Waals surface area contributed by atoms with Gasteiger partial charge in [-0.3, -0.25) is 23.1 Å². The van der Waals surface area contributed by atoms with E-state index in [0.717, 1.165) is 82.0 Å². The number of fused-ring (bicyclic) bond motifs is 1. The molecule has 2 N–H and O–H groups in total. The highest BCUT2D eigenvalue weighted by Crippen LogP contribution is 2.30. The van der Waals surface area contributed by atoms with Crippen molar-refractivity contribution in [1.29, 1.82) is 5.26 Å². The Morgan fingerprint density at radius 2 is 1.20 bits per heavy atom. The molecule has 2 atom stereocenters. The molecule has 6 aromatic carbocycles. The maximum absolute atomic E-state index is 11.7. The zero-order chi connectivity index (χ0) is 65.1. The number of ether oxygens (including phenoxy) is 6. The lowest BCUT2D eigenvalue weighted by Crippen LogP contribution is -2.22. The van der Waals surface area contributed by atoms with Crippen LogP contribution in [0.1, 0.15) is 115 Å². The summed E-state index contributed by atoms with van der Waals surface area (Å²) in [5, 5.41) is 28.6. The molecule has 92 heavy (non-hydrogen) atoms. The van der Waals surface area contributed by atoms with Crippen LogP contribution in [0.2, 0.25) is 0 Å². The molecule has 1 saturated heterocycles. The minimum atomic E-state index is -0.358. The standard InChI is InChI=1S/C27H23N3O3.C13H18O3.C10H10N2O2.C9H9ClO2.C6H9NO.C4H9ClO.3CH4/c1-33-22-9-5-8-19(14-22)16-24-27(32)30-17-25(20-10-12-21(31)13-11-20)28-23(26(30)29-24)15-18-6-3-2-4-7-18;1-4-16-10(2)13(14)9-11-6-5-7-12(8-11)15-3;1-14-10-4-2-3-8(6-10)5-9(13)7-12-11;1-12-8-4-2-3-7(5-8)6-9(10)11;7-4-3-6-2-1-5-8-6;1-4(2,3)6-5;;;/h2-14,17,31-32H,15-16H2,1H3;5-8,10H,4,9H2,1-3H3;2-4,6-7H,5H2,1H3;2-5H,6H2,1H3;6H,1-3,5H2;1-3H3;3*1H4. The van der Waals surface area contributed by atoms with Crippen LogP contribution in [0.25, 0.3) is 22.4 Å². The molecule has 0 aliphatic carbocycles. The smallest absolute Gasteiger partial charge is 0.323 e. The fourth-order valence-corrected chi connectivity index (χ4v) is 8.49. The number of imidazole rings is 1. The van der Waals surface area contributed by atoms with Gasteiger partial charge in [0.15, 0.2) is 11.4 Å². The van der Waals surface area contributed by atoms with Crippen LogP contribution in [-0.4, -0.2) is 112 Å². The number of benzene rings is 6. The van der Waals surface area contributed by atoms with E-state index in [-0.39, 0.29) is 81.4 Å². The van der Waals surface area contributed by atoms with Crippen molar-refractivity contribution in [3.63, 3.8) is 0 Å². The summed E-state index contributed by atoms with van der Waals surface area (Å²) >= 11 is 10.2. The highest BCUT2D eigenvalue weighted by molar-refractivity contribution is 6.63. The molecular weight excluding hydrogens is 1210 g/mol. The number of hydrogen-bond donors (Lipinski definition) is 2. The molecule has 2 aromatic heterocycles. The van der Waals surface area contributed by atoms with Crippen LogP contribution in [0.15, 0.2) is 158 Å². The van der Waals surface area contributed by atoms with E-state index < -0.39 is 0 Å². The molecule has 8 aromatic rings. The van der Waals surface area contributed by atoms with Gasteiger partial charge in [-0.2, -0.15) is 10.1 Å². The van der Waals surface area contributed by atoms with Crippen LogP contribution in [0.5, 0.6) is 34.6 Å². The molecule has 3 heterocycles. The van der Waals surface area contributed by atoms with Gasteiger partial charge in [-0.25, -0.2) is 9.97 Å². The van der Waals surface area contributed by atoms with Crippen molar-refractivity contribution >= 4 is 52.1 Å². The third-order valence-electron chi connectivity index (χ3n) is 12.8. The molecule has 1 aliphatic heterocycles. The maximum Gasteiger partial charge on any atom is 0.323 e. The van der Waals surface area contributed by atoms with Crippen molar-refractivity contribution < 1.29 is 62.1 Å². The van der Waals surface area contributed by atoms with Gasteiger partial charge in [0.2, 0.25) is 16.9 Å². The number of aromatic hydroxyl groups is 2. The molecule has 0 bridgehead atoms. The number of nitriles is 1. The maximum atomic E-state index is 11.7. The molecule has 2 unspecified atom stereocenters. The highest BCUT2D eigenvalue weighted by Gasteiger charge is 2.19. The number of aromatic nitrogens is 3. The Bertz CT molecular complexity index is 3560. The molecule has 0 spiro atoms. The first kappa shape index (κ1) is 81.1. The third kappa shape index (κ3) is 29.8. The molecule has 1 aliphatic rings. The Hall–Kier alpha value is -8.92. The van der Waals surface area contributed by atoms with Gasteiger partial charge in [-0.1, -0.05) is 101 Å². The number of nitrogens with zero attached hydrogens (tertiary/aromatic N) is 6. The Morgan fingerprint density at radius 3 is 1.65 bits per heavy atom. The van der Waals surface area contributed by atoms with Crippen LogP contribution >= 0.6 is 23.5 Å². The van der Waals surface area contributed by atoms with Crippen LogP contribution < -0.4 is 18.9 Å². The zero-order valence-corrected chi connectivity index (χ0v) is 53.2. The molecule has 494 valence electrons. The van der Waals surface area contributed by atoms with Crippen LogP contribution in [0, 0.1) is 11.3 Å². The molecular formula is C72H90Cl2N6O12. The van der Waals surface area contributed by atoms with E-state index in [1.165, 1.54) is 0 Å². The van der Waals surface area contributed by atoms with Crippen molar-refractivity contribution in [1.82, 2.24) is 14.4 Å². The molecule has 20 heteroatoms. The second-order valence-electron chi connectivity index (χ2n) is 20.8. The first-order chi connectivity index (χ1) is 42.7. The molecule has 18 nitrogen and oxygen atoms in total. The minimum Gasteiger partial charge on any atom is -0.508 e. The number of carbonyl (C=O) groups is 3.